The number of H-pyrrole nitrogens is 1. The number of benzene rings is 3. The minimum Gasteiger partial charge on any atom is -0.497 e. The summed E-state index contributed by atoms with van der Waals surface area (Å²) >= 11 is 7.85. The molecule has 0 radical (unpaired) electrons. The third-order valence-electron chi connectivity index (χ3n) is 7.45. The lowest BCUT2D eigenvalue weighted by atomic mass is 9.99. The topological polar surface area (TPSA) is 108 Å². The van der Waals surface area contributed by atoms with Gasteiger partial charge in [-0.3, -0.25) is 0 Å². The summed E-state index contributed by atoms with van der Waals surface area (Å²) in [6.07, 6.45) is 3.80. The number of fused-ring (bicyclic) bond motifs is 2. The van der Waals surface area contributed by atoms with Gasteiger partial charge < -0.3 is 14.0 Å². The SMILES string of the molecule is COC(=O)c1ccc2c(c1)c(CCc1ccc(Cl)cc1)c(CCc1nc3cc(OC)ccc3s1)n2CCc1nn[nH]n1. The van der Waals surface area contributed by atoms with Crippen molar-refractivity contribution >= 4 is 50.0 Å². The summed E-state index contributed by atoms with van der Waals surface area (Å²) in [6, 6.07) is 19.8. The molecule has 1 N–H and O–H groups in total. The largest absolute Gasteiger partial charge is 0.497 e. The van der Waals surface area contributed by atoms with E-state index in [0.717, 1.165) is 57.6 Å². The van der Waals surface area contributed by atoms with Crippen LogP contribution >= 0.6 is 22.9 Å². The Morgan fingerprint density at radius 3 is 2.60 bits per heavy atom. The quantitative estimate of drug-likeness (QED) is 0.181. The van der Waals surface area contributed by atoms with Crippen LogP contribution < -0.4 is 4.74 Å². The van der Waals surface area contributed by atoms with Crippen LogP contribution in [-0.2, 0) is 43.4 Å². The predicted molar refractivity (Wildman–Crippen MR) is 164 cm³/mol. The second-order valence-corrected chi connectivity index (χ2v) is 11.5. The highest BCUT2D eigenvalue weighted by molar-refractivity contribution is 7.18. The zero-order valence-corrected chi connectivity index (χ0v) is 24.8. The van der Waals surface area contributed by atoms with Crippen molar-refractivity contribution in [2.45, 2.75) is 38.6 Å². The molecule has 9 nitrogen and oxygen atoms in total. The molecule has 11 heteroatoms. The number of aromatic nitrogens is 6. The number of tetrazole rings is 1. The van der Waals surface area contributed by atoms with Gasteiger partial charge in [0, 0.05) is 47.1 Å². The number of thiazole rings is 1. The molecule has 3 aromatic heterocycles. The first-order valence-electron chi connectivity index (χ1n) is 13.6. The predicted octanol–water partition coefficient (Wildman–Crippen LogP) is 6.03. The fraction of sp³-hybridized carbons (Fsp3) is 0.258. The van der Waals surface area contributed by atoms with Gasteiger partial charge in [-0.2, -0.15) is 5.21 Å². The molecule has 0 amide bonds. The molecule has 3 aromatic carbocycles. The molecular weight excluding hydrogens is 572 g/mol. The van der Waals surface area contributed by atoms with Crippen molar-refractivity contribution in [1.29, 1.82) is 0 Å². The smallest absolute Gasteiger partial charge is 0.337 e. The average Bonchev–Trinajstić information content (AvgIpc) is 3.75. The Kier molecular flexibility index (Phi) is 8.16. The third-order valence-corrected chi connectivity index (χ3v) is 8.80. The molecule has 0 aliphatic rings. The number of ether oxygens (including phenoxy) is 2. The van der Waals surface area contributed by atoms with Gasteiger partial charge in [-0.15, -0.1) is 21.5 Å². The van der Waals surface area contributed by atoms with Crippen LogP contribution in [0.15, 0.2) is 60.7 Å². The lowest BCUT2D eigenvalue weighted by Crippen LogP contribution is -2.09. The number of hydrogen-bond acceptors (Lipinski definition) is 8. The standard InChI is InChI=1S/C31H29ClN6O3S/c1-40-22-9-13-28-25(18-22)33-30(42-28)14-12-26-23(10-5-19-3-7-21(32)8-4-19)24-17-20(31(39)41-2)6-11-27(24)38(26)16-15-29-34-36-37-35-29/h3-4,6-9,11,13,17-18H,5,10,12,14-16H2,1-2H3,(H,34,35,36,37). The number of carbonyl (C=O) groups is 1. The molecule has 0 bridgehead atoms. The number of nitrogens with zero attached hydrogens (tertiary/aromatic N) is 5. The van der Waals surface area contributed by atoms with E-state index < -0.39 is 0 Å². The molecule has 0 fully saturated rings. The molecule has 214 valence electrons. The maximum absolute atomic E-state index is 12.5. The Bertz CT molecular complexity index is 1850. The zero-order valence-electron chi connectivity index (χ0n) is 23.3. The first kappa shape index (κ1) is 27.9. The molecule has 3 heterocycles. The van der Waals surface area contributed by atoms with E-state index in [1.807, 2.05) is 42.5 Å². The number of nitrogens with one attached hydrogen (secondary N) is 1. The van der Waals surface area contributed by atoms with E-state index in [4.69, 9.17) is 26.1 Å². The van der Waals surface area contributed by atoms with E-state index in [2.05, 4.69) is 43.4 Å². The third kappa shape index (κ3) is 5.86. The fourth-order valence-corrected chi connectivity index (χ4v) is 6.45. The van der Waals surface area contributed by atoms with Crippen molar-refractivity contribution in [3.05, 3.63) is 98.9 Å². The molecule has 6 rings (SSSR count). The second-order valence-electron chi connectivity index (χ2n) is 9.95. The summed E-state index contributed by atoms with van der Waals surface area (Å²) in [6.45, 7) is 0.668. The van der Waals surface area contributed by atoms with Crippen LogP contribution in [0, 0.1) is 0 Å². The van der Waals surface area contributed by atoms with E-state index in [1.54, 1.807) is 18.4 Å². The van der Waals surface area contributed by atoms with Gasteiger partial charge >= 0.3 is 5.97 Å². The lowest BCUT2D eigenvalue weighted by Gasteiger charge is -2.12. The minimum atomic E-state index is -0.355. The number of esters is 1. The van der Waals surface area contributed by atoms with Crippen LogP contribution in [0.5, 0.6) is 5.75 Å². The van der Waals surface area contributed by atoms with Crippen LogP contribution in [0.2, 0.25) is 5.02 Å². The lowest BCUT2D eigenvalue weighted by molar-refractivity contribution is 0.0601. The van der Waals surface area contributed by atoms with Crippen LogP contribution in [0.25, 0.3) is 21.1 Å². The molecule has 0 saturated heterocycles. The summed E-state index contributed by atoms with van der Waals surface area (Å²) in [5.41, 5.74) is 6.14. The number of aryl methyl sites for hydroxylation is 5. The van der Waals surface area contributed by atoms with Gasteiger partial charge in [-0.1, -0.05) is 28.9 Å². The number of rotatable bonds is 11. The molecule has 0 aliphatic heterocycles. The van der Waals surface area contributed by atoms with Gasteiger partial charge in [0.1, 0.15) is 5.75 Å². The fourth-order valence-electron chi connectivity index (χ4n) is 5.38. The summed E-state index contributed by atoms with van der Waals surface area (Å²) in [5.74, 6) is 1.09. The summed E-state index contributed by atoms with van der Waals surface area (Å²) in [4.78, 5) is 17.4. The van der Waals surface area contributed by atoms with Gasteiger partial charge in [0.2, 0.25) is 0 Å². The van der Waals surface area contributed by atoms with E-state index >= 15 is 0 Å². The molecular formula is C31H29ClN6O3S. The van der Waals surface area contributed by atoms with Crippen LogP contribution in [0.4, 0.5) is 0 Å². The van der Waals surface area contributed by atoms with Crippen molar-refractivity contribution in [3.63, 3.8) is 0 Å². The monoisotopic (exact) mass is 600 g/mol. The van der Waals surface area contributed by atoms with Gasteiger partial charge in [0.05, 0.1) is 35.0 Å². The molecule has 6 aromatic rings. The molecule has 0 aliphatic carbocycles. The summed E-state index contributed by atoms with van der Waals surface area (Å²) < 4.78 is 13.9. The molecule has 0 unspecified atom stereocenters. The minimum absolute atomic E-state index is 0.355. The molecule has 42 heavy (non-hydrogen) atoms. The van der Waals surface area contributed by atoms with E-state index in [9.17, 15) is 4.79 Å². The maximum Gasteiger partial charge on any atom is 0.337 e. The van der Waals surface area contributed by atoms with E-state index in [0.29, 0.717) is 29.4 Å². The summed E-state index contributed by atoms with van der Waals surface area (Å²) in [5, 5.41) is 17.4. The second kappa shape index (κ2) is 12.3. The Labute approximate surface area is 251 Å². The Morgan fingerprint density at radius 2 is 1.83 bits per heavy atom. The Hall–Kier alpha value is -4.28. The van der Waals surface area contributed by atoms with Crippen molar-refractivity contribution in [3.8, 4) is 5.75 Å². The summed E-state index contributed by atoms with van der Waals surface area (Å²) in [7, 11) is 3.07. The van der Waals surface area contributed by atoms with E-state index in [1.165, 1.54) is 23.9 Å². The maximum atomic E-state index is 12.5. The molecule has 0 atom stereocenters. The highest BCUT2D eigenvalue weighted by Gasteiger charge is 2.20. The van der Waals surface area contributed by atoms with Crippen molar-refractivity contribution < 1.29 is 14.3 Å². The van der Waals surface area contributed by atoms with Gasteiger partial charge in [0.25, 0.3) is 0 Å². The molecule has 0 saturated carbocycles. The van der Waals surface area contributed by atoms with Gasteiger partial charge in [-0.25, -0.2) is 9.78 Å². The Morgan fingerprint density at radius 1 is 0.976 bits per heavy atom. The van der Waals surface area contributed by atoms with Crippen molar-refractivity contribution in [1.82, 2.24) is 30.2 Å². The van der Waals surface area contributed by atoms with Crippen LogP contribution in [0.1, 0.15) is 38.0 Å². The zero-order chi connectivity index (χ0) is 29.1. The van der Waals surface area contributed by atoms with Crippen LogP contribution in [0.3, 0.4) is 0 Å². The highest BCUT2D eigenvalue weighted by atomic mass is 35.5. The number of hydrogen-bond donors (Lipinski definition) is 1. The first-order chi connectivity index (χ1) is 20.5. The number of halogens is 1. The number of methoxy groups -OCH3 is 2. The average molecular weight is 601 g/mol. The van der Waals surface area contributed by atoms with Gasteiger partial charge in [0.15, 0.2) is 5.82 Å². The van der Waals surface area contributed by atoms with Crippen LogP contribution in [-0.4, -0.2) is 50.4 Å². The first-order valence-corrected chi connectivity index (χ1v) is 14.8. The Balaban J connectivity index is 1.41. The number of carbonyl (C=O) groups excluding carboxylic acids is 1. The van der Waals surface area contributed by atoms with Crippen molar-refractivity contribution in [2.75, 3.05) is 14.2 Å². The van der Waals surface area contributed by atoms with Crippen molar-refractivity contribution in [2.24, 2.45) is 0 Å². The van der Waals surface area contributed by atoms with Gasteiger partial charge in [-0.05, 0) is 72.9 Å². The van der Waals surface area contributed by atoms with E-state index in [-0.39, 0.29) is 5.97 Å². The molecule has 0 spiro atoms. The normalized spacial score (nSPS) is 11.4. The highest BCUT2D eigenvalue weighted by Crippen LogP contribution is 2.32. The number of aromatic amines is 1.